The number of carbonyl (C=O) groups is 1. The molecular formula is C16H27NO2. The second-order valence-electron chi connectivity index (χ2n) is 6.28. The molecule has 3 heteroatoms. The standard InChI is InChI=1S/C16H27NO2/c1-2-13-8-10-16(19,11-9-13)12-17-15(18)14-6-4-3-5-7-14/h3-4,13-14,19H,2,5-12H2,1H3,(H,17,18). The molecule has 108 valence electrons. The Balaban J connectivity index is 1.75. The van der Waals surface area contributed by atoms with Crippen LogP contribution >= 0.6 is 0 Å². The second kappa shape index (κ2) is 6.56. The van der Waals surface area contributed by atoms with Gasteiger partial charge in [0.15, 0.2) is 0 Å². The SMILES string of the molecule is CCC1CCC(O)(CNC(=O)C2CC=CCC2)CC1. The van der Waals surface area contributed by atoms with Crippen LogP contribution in [0.3, 0.4) is 0 Å². The van der Waals surface area contributed by atoms with Gasteiger partial charge in [-0.25, -0.2) is 0 Å². The summed E-state index contributed by atoms with van der Waals surface area (Å²) >= 11 is 0. The highest BCUT2D eigenvalue weighted by atomic mass is 16.3. The highest BCUT2D eigenvalue weighted by Crippen LogP contribution is 2.33. The fourth-order valence-electron chi connectivity index (χ4n) is 3.23. The van der Waals surface area contributed by atoms with E-state index in [1.54, 1.807) is 0 Å². The van der Waals surface area contributed by atoms with Gasteiger partial charge in [-0.1, -0.05) is 25.5 Å². The van der Waals surface area contributed by atoms with Crippen LogP contribution in [-0.2, 0) is 4.79 Å². The highest BCUT2D eigenvalue weighted by molar-refractivity contribution is 5.79. The van der Waals surface area contributed by atoms with E-state index in [4.69, 9.17) is 0 Å². The predicted octanol–water partition coefficient (Wildman–Crippen LogP) is 2.79. The Labute approximate surface area is 116 Å². The zero-order valence-corrected chi connectivity index (χ0v) is 12.0. The largest absolute Gasteiger partial charge is 0.388 e. The molecule has 0 aromatic carbocycles. The van der Waals surface area contributed by atoms with Crippen molar-refractivity contribution in [1.82, 2.24) is 5.32 Å². The van der Waals surface area contributed by atoms with Crippen LogP contribution in [0.1, 0.15) is 58.3 Å². The highest BCUT2D eigenvalue weighted by Gasteiger charge is 2.33. The van der Waals surface area contributed by atoms with E-state index in [2.05, 4.69) is 24.4 Å². The van der Waals surface area contributed by atoms with Crippen LogP contribution in [0.15, 0.2) is 12.2 Å². The molecule has 0 aromatic rings. The van der Waals surface area contributed by atoms with Crippen LogP contribution in [0, 0.1) is 11.8 Å². The molecule has 2 rings (SSSR count). The van der Waals surface area contributed by atoms with Crippen LogP contribution in [0.5, 0.6) is 0 Å². The first-order valence-electron chi connectivity index (χ1n) is 7.78. The summed E-state index contributed by atoms with van der Waals surface area (Å²) in [7, 11) is 0. The zero-order valence-electron chi connectivity index (χ0n) is 12.0. The Kier molecular flexibility index (Phi) is 5.03. The first kappa shape index (κ1) is 14.6. The molecule has 0 bridgehead atoms. The number of hydrogen-bond donors (Lipinski definition) is 2. The molecule has 0 radical (unpaired) electrons. The minimum Gasteiger partial charge on any atom is -0.388 e. The Morgan fingerprint density at radius 1 is 1.32 bits per heavy atom. The minimum absolute atomic E-state index is 0.112. The zero-order chi connectivity index (χ0) is 13.7. The van der Waals surface area contributed by atoms with Gasteiger partial charge in [0.2, 0.25) is 5.91 Å². The third kappa shape index (κ3) is 4.07. The maximum Gasteiger partial charge on any atom is 0.223 e. The molecule has 0 saturated heterocycles. The number of rotatable bonds is 4. The van der Waals surface area contributed by atoms with Crippen LogP contribution in [0.25, 0.3) is 0 Å². The van der Waals surface area contributed by atoms with E-state index in [0.717, 1.165) is 50.9 Å². The van der Waals surface area contributed by atoms with Gasteiger partial charge in [0, 0.05) is 12.5 Å². The van der Waals surface area contributed by atoms with Gasteiger partial charge in [-0.15, -0.1) is 0 Å². The maximum absolute atomic E-state index is 12.0. The molecule has 3 nitrogen and oxygen atoms in total. The van der Waals surface area contributed by atoms with Crippen molar-refractivity contribution in [2.45, 2.75) is 63.9 Å². The normalized spacial score (nSPS) is 35.1. The summed E-state index contributed by atoms with van der Waals surface area (Å²) in [5.41, 5.74) is -0.661. The van der Waals surface area contributed by atoms with Crippen LogP contribution < -0.4 is 5.32 Å². The van der Waals surface area contributed by atoms with Crippen molar-refractivity contribution in [1.29, 1.82) is 0 Å². The monoisotopic (exact) mass is 265 g/mol. The van der Waals surface area contributed by atoms with E-state index < -0.39 is 5.60 Å². The van der Waals surface area contributed by atoms with Gasteiger partial charge in [0.05, 0.1) is 5.60 Å². The van der Waals surface area contributed by atoms with Crippen molar-refractivity contribution >= 4 is 5.91 Å². The predicted molar refractivity (Wildman–Crippen MR) is 76.7 cm³/mol. The summed E-state index contributed by atoms with van der Waals surface area (Å²) in [6, 6.07) is 0. The molecule has 0 aromatic heterocycles. The van der Waals surface area contributed by atoms with Crippen molar-refractivity contribution in [3.63, 3.8) is 0 Å². The van der Waals surface area contributed by atoms with E-state index in [1.807, 2.05) is 0 Å². The molecule has 0 aliphatic heterocycles. The smallest absolute Gasteiger partial charge is 0.223 e. The molecule has 2 aliphatic carbocycles. The summed E-state index contributed by atoms with van der Waals surface area (Å²) in [5, 5.41) is 13.5. The van der Waals surface area contributed by atoms with Crippen LogP contribution in [-0.4, -0.2) is 23.2 Å². The number of allylic oxidation sites excluding steroid dienone is 2. The lowest BCUT2D eigenvalue weighted by atomic mass is 9.78. The van der Waals surface area contributed by atoms with Crippen molar-refractivity contribution in [2.75, 3.05) is 6.54 Å². The summed E-state index contributed by atoms with van der Waals surface area (Å²) in [5.74, 6) is 0.996. The molecule has 1 saturated carbocycles. The van der Waals surface area contributed by atoms with Gasteiger partial charge < -0.3 is 10.4 Å². The molecule has 2 aliphatic rings. The van der Waals surface area contributed by atoms with Gasteiger partial charge >= 0.3 is 0 Å². The number of aliphatic hydroxyl groups is 1. The average molecular weight is 265 g/mol. The molecule has 1 atom stereocenters. The van der Waals surface area contributed by atoms with Gasteiger partial charge in [-0.05, 0) is 50.9 Å². The fraction of sp³-hybridized carbons (Fsp3) is 0.812. The Hall–Kier alpha value is -0.830. The van der Waals surface area contributed by atoms with E-state index in [0.29, 0.717) is 6.54 Å². The second-order valence-corrected chi connectivity index (χ2v) is 6.28. The molecule has 2 N–H and O–H groups in total. The lowest BCUT2D eigenvalue weighted by Gasteiger charge is -2.36. The number of carbonyl (C=O) groups excluding carboxylic acids is 1. The molecule has 1 fully saturated rings. The van der Waals surface area contributed by atoms with Gasteiger partial charge in [0.1, 0.15) is 0 Å². The summed E-state index contributed by atoms with van der Waals surface area (Å²) in [4.78, 5) is 12.0. The van der Waals surface area contributed by atoms with Crippen LogP contribution in [0.4, 0.5) is 0 Å². The molecular weight excluding hydrogens is 238 g/mol. The van der Waals surface area contributed by atoms with E-state index in [-0.39, 0.29) is 11.8 Å². The minimum atomic E-state index is -0.661. The number of nitrogens with one attached hydrogen (secondary N) is 1. The topological polar surface area (TPSA) is 49.3 Å². The molecule has 1 unspecified atom stereocenters. The van der Waals surface area contributed by atoms with Gasteiger partial charge in [-0.2, -0.15) is 0 Å². The van der Waals surface area contributed by atoms with E-state index in [9.17, 15) is 9.90 Å². The lowest BCUT2D eigenvalue weighted by Crippen LogP contribution is -2.46. The lowest BCUT2D eigenvalue weighted by molar-refractivity contribution is -0.127. The van der Waals surface area contributed by atoms with Crippen LogP contribution in [0.2, 0.25) is 0 Å². The van der Waals surface area contributed by atoms with Gasteiger partial charge in [0.25, 0.3) is 0 Å². The molecule has 19 heavy (non-hydrogen) atoms. The third-order valence-electron chi connectivity index (χ3n) is 4.84. The molecule has 0 spiro atoms. The van der Waals surface area contributed by atoms with E-state index in [1.165, 1.54) is 6.42 Å². The van der Waals surface area contributed by atoms with Gasteiger partial charge in [-0.3, -0.25) is 4.79 Å². The van der Waals surface area contributed by atoms with Crippen molar-refractivity contribution in [3.05, 3.63) is 12.2 Å². The summed E-state index contributed by atoms with van der Waals surface area (Å²) in [6.07, 6.45) is 12.1. The molecule has 0 heterocycles. The summed E-state index contributed by atoms with van der Waals surface area (Å²) in [6.45, 7) is 2.65. The first-order valence-corrected chi connectivity index (χ1v) is 7.78. The molecule has 1 amide bonds. The Bertz CT molecular complexity index is 330. The number of hydrogen-bond acceptors (Lipinski definition) is 2. The fourth-order valence-corrected chi connectivity index (χ4v) is 3.23. The Morgan fingerprint density at radius 3 is 2.63 bits per heavy atom. The Morgan fingerprint density at radius 2 is 2.05 bits per heavy atom. The number of amides is 1. The maximum atomic E-state index is 12.0. The van der Waals surface area contributed by atoms with Crippen molar-refractivity contribution in [3.8, 4) is 0 Å². The van der Waals surface area contributed by atoms with E-state index >= 15 is 0 Å². The first-order chi connectivity index (χ1) is 9.13. The quantitative estimate of drug-likeness (QED) is 0.768. The third-order valence-corrected chi connectivity index (χ3v) is 4.84. The van der Waals surface area contributed by atoms with Crippen molar-refractivity contribution < 1.29 is 9.90 Å². The van der Waals surface area contributed by atoms with Crippen molar-refractivity contribution in [2.24, 2.45) is 11.8 Å². The average Bonchev–Trinajstić information content (AvgIpc) is 2.47. The summed E-state index contributed by atoms with van der Waals surface area (Å²) < 4.78 is 0.